The number of aromatic nitrogens is 7. The fraction of sp³-hybridized carbons (Fsp3) is 0.209. The van der Waals surface area contributed by atoms with Crippen molar-refractivity contribution in [1.29, 1.82) is 0 Å². The van der Waals surface area contributed by atoms with E-state index in [1.165, 1.54) is 44.2 Å². The first-order chi connectivity index (χ1) is 38.7. The highest BCUT2D eigenvalue weighted by Gasteiger charge is 2.27. The van der Waals surface area contributed by atoms with Crippen LogP contribution in [0.2, 0.25) is 10.6 Å². The van der Waals surface area contributed by atoms with Crippen LogP contribution in [0.3, 0.4) is 0 Å². The zero-order valence-electron chi connectivity index (χ0n) is 41.8. The van der Waals surface area contributed by atoms with E-state index in [0.29, 0.717) is 32.7 Å². The Morgan fingerprint density at radius 1 is 0.768 bits per heavy atom. The highest BCUT2D eigenvalue weighted by molar-refractivity contribution is 7.94. The summed E-state index contributed by atoms with van der Waals surface area (Å²) in [5.74, 6) is -2.75. The van der Waals surface area contributed by atoms with E-state index >= 15 is 0 Å². The van der Waals surface area contributed by atoms with Crippen LogP contribution in [0.1, 0.15) is 22.8 Å². The van der Waals surface area contributed by atoms with Crippen LogP contribution in [-0.4, -0.2) is 139 Å². The number of amides is 1. The minimum atomic E-state index is -4.94. The highest BCUT2D eigenvalue weighted by Crippen LogP contribution is 2.48. The Morgan fingerprint density at radius 3 is 2.06 bits per heavy atom. The summed E-state index contributed by atoms with van der Waals surface area (Å²) in [6.45, 7) is 5.02. The Hall–Kier alpha value is -7.92. The van der Waals surface area contributed by atoms with Crippen molar-refractivity contribution in [3.63, 3.8) is 0 Å². The Morgan fingerprint density at radius 2 is 1.40 bits per heavy atom. The first-order valence-electron chi connectivity index (χ1n) is 23.1. The minimum absolute atomic E-state index is 0.0330. The van der Waals surface area contributed by atoms with Crippen molar-refractivity contribution in [2.75, 3.05) is 60.1 Å². The Balaban J connectivity index is 0.961. The van der Waals surface area contributed by atoms with Crippen LogP contribution in [0.15, 0.2) is 105 Å². The number of nitrogens with one attached hydrogen (secondary N) is 3. The van der Waals surface area contributed by atoms with Crippen molar-refractivity contribution >= 4 is 140 Å². The van der Waals surface area contributed by atoms with E-state index in [9.17, 15) is 58.7 Å². The van der Waals surface area contributed by atoms with E-state index in [-0.39, 0.29) is 97.8 Å². The van der Waals surface area contributed by atoms with Gasteiger partial charge < -0.3 is 36.8 Å². The summed E-state index contributed by atoms with van der Waals surface area (Å²) >= 11 is 12.9. The molecule has 39 heteroatoms. The molecule has 4 aromatic carbocycles. The Bertz CT molecular complexity index is 4160. The molecule has 1 aliphatic heterocycles. The number of hydrogen-bond donors (Lipinski definition) is 10. The lowest BCUT2D eigenvalue weighted by Crippen LogP contribution is -2.48. The summed E-state index contributed by atoms with van der Waals surface area (Å²) in [4.78, 5) is 52.3. The van der Waals surface area contributed by atoms with Gasteiger partial charge >= 0.3 is 0 Å². The number of halogens is 2. The van der Waals surface area contributed by atoms with E-state index in [1.807, 2.05) is 0 Å². The molecule has 0 bridgehead atoms. The maximum absolute atomic E-state index is 13.2. The van der Waals surface area contributed by atoms with Crippen LogP contribution < -0.4 is 32.1 Å². The van der Waals surface area contributed by atoms with Gasteiger partial charge in [-0.1, -0.05) is 17.2 Å². The lowest BCUT2D eigenvalue weighted by atomic mass is 10.1. The molecule has 0 radical (unpaired) electrons. The van der Waals surface area contributed by atoms with Gasteiger partial charge in [-0.2, -0.15) is 55.2 Å². The topological polar surface area (TPSA) is 477 Å². The van der Waals surface area contributed by atoms with Gasteiger partial charge in [-0.25, -0.2) is 5.26 Å². The summed E-state index contributed by atoms with van der Waals surface area (Å²) in [5.41, 5.74) is 2.19. The average Bonchev–Trinajstić information content (AvgIpc) is 3.17. The number of benzene rings is 4. The number of anilines is 6. The van der Waals surface area contributed by atoms with Crippen LogP contribution in [0.4, 0.5) is 57.9 Å². The van der Waals surface area contributed by atoms with Crippen molar-refractivity contribution in [2.45, 2.75) is 40.0 Å². The molecule has 33 nitrogen and oxygen atoms in total. The van der Waals surface area contributed by atoms with Gasteiger partial charge in [0.05, 0.1) is 27.5 Å². The fourth-order valence-electron chi connectivity index (χ4n) is 8.06. The molecule has 432 valence electrons. The lowest BCUT2D eigenvalue weighted by Gasteiger charge is -2.34. The smallest absolute Gasteiger partial charge is 0.296 e. The third-order valence-electron chi connectivity index (χ3n) is 11.8. The molecule has 1 aliphatic rings. The van der Waals surface area contributed by atoms with E-state index in [0.717, 1.165) is 34.9 Å². The van der Waals surface area contributed by atoms with Gasteiger partial charge in [0.25, 0.3) is 41.8 Å². The van der Waals surface area contributed by atoms with Crippen LogP contribution in [-0.2, 0) is 46.3 Å². The summed E-state index contributed by atoms with van der Waals surface area (Å²) < 4.78 is 109. The molecule has 82 heavy (non-hydrogen) atoms. The van der Waals surface area contributed by atoms with Gasteiger partial charge in [0.1, 0.15) is 32.4 Å². The number of carbonyl (C=O) groups excluding carboxylic acids is 1. The maximum Gasteiger partial charge on any atom is 0.296 e. The quantitative estimate of drug-likeness (QED) is 0.0125. The number of piperazine rings is 1. The molecule has 0 saturated carbocycles. The van der Waals surface area contributed by atoms with Crippen LogP contribution in [0.5, 0.6) is 11.6 Å². The number of phenolic OH excluding ortho intramolecular Hbond substituents is 1. The zero-order chi connectivity index (χ0) is 59.4. The molecule has 7 aromatic rings. The standard InChI is InChI=1S/C43H41Cl2N17O16S4/c1-3-62-36(65)30(35(46)64)20(2)32(37(62)66)58-57-25-18-22(8-9-29(25)82(74,75)76)48-41-51-38(44)50-40(54-41)47-10-11-60-12-14-61(15-13-60)43-53-39(45)52-42(55-43)49-26-19-23(80(68,69)70)16-21-17-27(79-78-77-67)33(34(63)31(21)26)59-56-24-6-4-5-7-28(24)81(71,72)73/h4-9,16-19,63,65,67H,3,10-15H2,1-2H3,(H2,46,64)(H,68,69,70)(H,71,72,73)(H,74,75,76)(H,49,52,53,55)(H2,47,48,50,51,54). The second kappa shape index (κ2) is 24.7. The molecule has 0 spiro atoms. The fourth-order valence-corrected chi connectivity index (χ4v) is 10.6. The summed E-state index contributed by atoms with van der Waals surface area (Å²) in [5, 5.41) is 58.4. The largest absolute Gasteiger partial charge is 0.505 e. The molecular formula is C43H41Cl2N17O16S4. The summed E-state index contributed by atoms with van der Waals surface area (Å²) in [7, 11) is -14.6. The van der Waals surface area contributed by atoms with Gasteiger partial charge in [-0.15, -0.1) is 24.8 Å². The number of nitrogens with zero attached hydrogens (tertiary/aromatic N) is 13. The minimum Gasteiger partial charge on any atom is -0.505 e. The second-order valence-electron chi connectivity index (χ2n) is 16.9. The summed E-state index contributed by atoms with van der Waals surface area (Å²) in [6, 6.07) is 11.4. The van der Waals surface area contributed by atoms with Gasteiger partial charge in [-0.3, -0.25) is 32.7 Å². The SMILES string of the molecule is CCn1c(O)c(C(N)=O)c(C)c(N=Nc2cc(Nc3nc(Cl)nc(NCCN4CCN(c5nc(Cl)nc(Nc6cc(S(=O)(=O)O)cc7cc(SOOO)c(N=Nc8ccccc8S(=O)(=O)O)c(O)c67)n5)CC4)n3)ccc2S(=O)(=O)O)c1=O. The molecule has 1 fully saturated rings. The van der Waals surface area contributed by atoms with Gasteiger partial charge in [0.2, 0.25) is 40.2 Å². The molecule has 8 rings (SSSR count). The highest BCUT2D eigenvalue weighted by atomic mass is 35.5. The predicted octanol–water partition coefficient (Wildman–Crippen LogP) is 6.24. The Kier molecular flexibility index (Phi) is 18.1. The number of phenols is 1. The number of pyridine rings is 1. The van der Waals surface area contributed by atoms with Crippen LogP contribution in [0.25, 0.3) is 10.8 Å². The van der Waals surface area contributed by atoms with Crippen molar-refractivity contribution in [1.82, 2.24) is 39.4 Å². The number of aromatic hydroxyl groups is 2. The van der Waals surface area contributed by atoms with Crippen LogP contribution >= 0.6 is 35.2 Å². The van der Waals surface area contributed by atoms with Crippen molar-refractivity contribution in [2.24, 2.45) is 26.2 Å². The number of azo groups is 2. The predicted molar refractivity (Wildman–Crippen MR) is 292 cm³/mol. The van der Waals surface area contributed by atoms with Gasteiger partial charge in [0, 0.05) is 62.5 Å². The van der Waals surface area contributed by atoms with E-state index < -0.39 is 90.8 Å². The molecule has 1 amide bonds. The third-order valence-corrected chi connectivity index (χ3v) is 15.4. The monoisotopic (exact) mass is 1250 g/mol. The third kappa shape index (κ3) is 13.9. The second-order valence-corrected chi connectivity index (χ2v) is 22.5. The van der Waals surface area contributed by atoms with Crippen LogP contribution in [0, 0.1) is 6.92 Å². The maximum atomic E-state index is 13.2. The van der Waals surface area contributed by atoms with Gasteiger partial charge in [0.15, 0.2) is 11.4 Å². The normalized spacial score (nSPS) is 13.6. The number of fused-ring (bicyclic) bond motifs is 1. The molecule has 1 saturated heterocycles. The first kappa shape index (κ1) is 60.2. The number of rotatable bonds is 21. The number of nitrogens with two attached hydrogens (primary N) is 1. The average molecular weight is 1250 g/mol. The number of hydrogen-bond acceptors (Lipinski definition) is 29. The molecule has 0 aliphatic carbocycles. The lowest BCUT2D eigenvalue weighted by molar-refractivity contribution is -0.432. The van der Waals surface area contributed by atoms with Crippen molar-refractivity contribution in [3.8, 4) is 11.6 Å². The molecule has 0 unspecified atom stereocenters. The first-order valence-corrected chi connectivity index (χ1v) is 28.9. The van der Waals surface area contributed by atoms with E-state index in [2.05, 4.69) is 80.6 Å². The van der Waals surface area contributed by atoms with Crippen molar-refractivity contribution < 1.29 is 68.5 Å². The van der Waals surface area contributed by atoms with E-state index in [4.69, 9.17) is 34.2 Å². The zero-order valence-corrected chi connectivity index (χ0v) is 46.5. The summed E-state index contributed by atoms with van der Waals surface area (Å²) in [6.07, 6.45) is 0. The molecule has 3 aromatic heterocycles. The Labute approximate surface area is 476 Å². The molecule has 11 N–H and O–H groups in total. The van der Waals surface area contributed by atoms with E-state index in [1.54, 1.807) is 4.90 Å². The molecule has 0 atom stereocenters. The van der Waals surface area contributed by atoms with Gasteiger partial charge in [-0.05, 0) is 91.0 Å². The molecule has 4 heterocycles. The number of primary amides is 1. The molecular weight excluding hydrogens is 1210 g/mol. The number of carbonyl (C=O) groups is 1. The van der Waals surface area contributed by atoms with Crippen molar-refractivity contribution in [3.05, 3.63) is 92.7 Å².